The maximum Gasteiger partial charge on any atom is 0.0896 e. The van der Waals surface area contributed by atoms with Gasteiger partial charge in [0.15, 0.2) is 0 Å². The topological polar surface area (TPSA) is 12.0 Å². The number of hydrogen-bond acceptors (Lipinski definition) is 2. The molecule has 80 valence electrons. The molecule has 0 aliphatic carbocycles. The molecule has 1 nitrogen and oxygen atoms in total. The van der Waals surface area contributed by atoms with Crippen LogP contribution >= 0.6 is 24.2 Å². The molecule has 15 heavy (non-hydrogen) atoms. The van der Waals surface area contributed by atoms with Crippen molar-refractivity contribution in [3.8, 4) is 0 Å². The summed E-state index contributed by atoms with van der Waals surface area (Å²) in [5.41, 5.74) is 2.22. The van der Waals surface area contributed by atoms with Crippen LogP contribution in [0.3, 0.4) is 0 Å². The van der Waals surface area contributed by atoms with Crippen LogP contribution in [0.4, 0.5) is 0 Å². The van der Waals surface area contributed by atoms with E-state index in [1.165, 1.54) is 0 Å². The fourth-order valence-electron chi connectivity index (χ4n) is 1.16. The second kappa shape index (κ2) is 6.64. The molecule has 0 aliphatic rings. The Kier molecular flexibility index (Phi) is 5.43. The molecule has 0 bridgehead atoms. The molecule has 0 saturated carbocycles. The summed E-state index contributed by atoms with van der Waals surface area (Å²) >= 11 is 6.82. The molecule has 0 unspecified atom stereocenters. The van der Waals surface area contributed by atoms with Crippen LogP contribution in [-0.2, 0) is 0 Å². The molecule has 0 heterocycles. The van der Waals surface area contributed by atoms with Gasteiger partial charge in [0.05, 0.1) is 4.99 Å². The van der Waals surface area contributed by atoms with Crippen molar-refractivity contribution in [1.29, 1.82) is 0 Å². The zero-order valence-corrected chi connectivity index (χ0v) is 10.5. The largest absolute Gasteiger partial charge is 0.324 e. The van der Waals surface area contributed by atoms with Crippen LogP contribution in [0, 0.1) is 0 Å². The summed E-state index contributed by atoms with van der Waals surface area (Å²) in [7, 11) is 0. The van der Waals surface area contributed by atoms with Crippen molar-refractivity contribution in [2.45, 2.75) is 13.3 Å². The van der Waals surface area contributed by atoms with Crippen molar-refractivity contribution in [3.63, 3.8) is 0 Å². The maximum absolute atomic E-state index is 5.20. The van der Waals surface area contributed by atoms with E-state index in [2.05, 4.69) is 30.4 Å². The van der Waals surface area contributed by atoms with E-state index in [1.807, 2.05) is 18.2 Å². The molecule has 3 heteroatoms. The fraction of sp³-hybridized carbons (Fsp3) is 0.250. The molecule has 0 radical (unpaired) electrons. The fourth-order valence-corrected chi connectivity index (χ4v) is 1.89. The van der Waals surface area contributed by atoms with Crippen molar-refractivity contribution < 1.29 is 0 Å². The molecule has 1 aromatic carbocycles. The molecule has 0 atom stereocenters. The minimum absolute atomic E-state index is 0.729. The lowest BCUT2D eigenvalue weighted by molar-refractivity contribution is 1.38. The van der Waals surface area contributed by atoms with E-state index in [0.29, 0.717) is 0 Å². The van der Waals surface area contributed by atoms with Crippen LogP contribution < -0.4 is 4.72 Å². The van der Waals surface area contributed by atoms with Gasteiger partial charge in [-0.25, -0.2) is 0 Å². The smallest absolute Gasteiger partial charge is 0.0896 e. The van der Waals surface area contributed by atoms with Crippen molar-refractivity contribution in [3.05, 3.63) is 42.5 Å². The minimum atomic E-state index is 0.729. The lowest BCUT2D eigenvalue weighted by Gasteiger charge is -2.08. The Balaban J connectivity index is 2.46. The summed E-state index contributed by atoms with van der Waals surface area (Å²) in [5.74, 6) is 1.01. The Hall–Kier alpha value is -0.800. The molecule has 0 amide bonds. The molecule has 0 aromatic heterocycles. The summed E-state index contributed by atoms with van der Waals surface area (Å²) < 4.78 is 3.12. The van der Waals surface area contributed by atoms with Crippen LogP contribution in [0.5, 0.6) is 0 Å². The number of nitrogens with one attached hydrogen (secondary N) is 1. The first kappa shape index (κ1) is 12.3. The molecule has 1 N–H and O–H groups in total. The van der Waals surface area contributed by atoms with Crippen LogP contribution in [0.25, 0.3) is 5.57 Å². The second-order valence-electron chi connectivity index (χ2n) is 3.10. The molecule has 1 aromatic rings. The number of benzene rings is 1. The van der Waals surface area contributed by atoms with Gasteiger partial charge in [0.2, 0.25) is 0 Å². The van der Waals surface area contributed by atoms with Crippen molar-refractivity contribution >= 4 is 34.7 Å². The van der Waals surface area contributed by atoms with E-state index in [1.54, 1.807) is 11.9 Å². The van der Waals surface area contributed by atoms with E-state index in [9.17, 15) is 0 Å². The highest BCUT2D eigenvalue weighted by Gasteiger charge is 2.01. The molecule has 0 fully saturated rings. The lowest BCUT2D eigenvalue weighted by atomic mass is 10.1. The van der Waals surface area contributed by atoms with Gasteiger partial charge in [0, 0.05) is 12.2 Å². The highest BCUT2D eigenvalue weighted by atomic mass is 32.2. The molecule has 0 saturated heterocycles. The van der Waals surface area contributed by atoms with Gasteiger partial charge in [-0.05, 0) is 11.1 Å². The normalized spacial score (nSPS) is 9.67. The standard InChI is InChI=1S/C12H15NS2/c1-3-15-13-12(14)9-10(2)11-7-5-4-6-8-11/h4-8H,2-3,9H2,1H3,(H,13,14). The van der Waals surface area contributed by atoms with Crippen LogP contribution in [-0.4, -0.2) is 10.7 Å². The van der Waals surface area contributed by atoms with Crippen LogP contribution in [0.2, 0.25) is 0 Å². The number of rotatable bonds is 5. The third kappa shape index (κ3) is 4.49. The Morgan fingerprint density at radius 3 is 2.67 bits per heavy atom. The van der Waals surface area contributed by atoms with E-state index >= 15 is 0 Å². The van der Waals surface area contributed by atoms with E-state index in [4.69, 9.17) is 12.2 Å². The minimum Gasteiger partial charge on any atom is -0.324 e. The third-order valence-corrected chi connectivity index (χ3v) is 2.94. The van der Waals surface area contributed by atoms with Gasteiger partial charge < -0.3 is 4.72 Å². The van der Waals surface area contributed by atoms with Crippen LogP contribution in [0.1, 0.15) is 18.9 Å². The van der Waals surface area contributed by atoms with E-state index < -0.39 is 0 Å². The maximum atomic E-state index is 5.20. The van der Waals surface area contributed by atoms with Gasteiger partial charge in [0.25, 0.3) is 0 Å². The highest BCUT2D eigenvalue weighted by Crippen LogP contribution is 2.16. The summed E-state index contributed by atoms with van der Waals surface area (Å²) in [5, 5.41) is 0. The Labute approximate surface area is 101 Å². The van der Waals surface area contributed by atoms with Crippen molar-refractivity contribution in [2.75, 3.05) is 5.75 Å². The Morgan fingerprint density at radius 2 is 2.07 bits per heavy atom. The first-order valence-corrected chi connectivity index (χ1v) is 6.27. The van der Waals surface area contributed by atoms with E-state index in [-0.39, 0.29) is 0 Å². The first-order chi connectivity index (χ1) is 7.24. The molecular weight excluding hydrogens is 222 g/mol. The van der Waals surface area contributed by atoms with E-state index in [0.717, 1.165) is 28.3 Å². The molecule has 0 spiro atoms. The monoisotopic (exact) mass is 237 g/mol. The predicted molar refractivity (Wildman–Crippen MR) is 74.0 cm³/mol. The summed E-state index contributed by atoms with van der Waals surface area (Å²) in [6.45, 7) is 6.13. The number of thiocarbonyl (C=S) groups is 1. The highest BCUT2D eigenvalue weighted by molar-refractivity contribution is 7.98. The Morgan fingerprint density at radius 1 is 1.40 bits per heavy atom. The van der Waals surface area contributed by atoms with Gasteiger partial charge in [-0.15, -0.1) is 0 Å². The van der Waals surface area contributed by atoms with Gasteiger partial charge in [-0.3, -0.25) is 0 Å². The predicted octanol–water partition coefficient (Wildman–Crippen LogP) is 3.68. The van der Waals surface area contributed by atoms with Crippen molar-refractivity contribution in [1.82, 2.24) is 4.72 Å². The third-order valence-electron chi connectivity index (χ3n) is 1.89. The SMILES string of the molecule is C=C(CC(=S)NSCC)c1ccccc1. The molecule has 0 aliphatic heterocycles. The first-order valence-electron chi connectivity index (χ1n) is 4.88. The zero-order chi connectivity index (χ0) is 11.1. The molecular formula is C12H15NS2. The van der Waals surface area contributed by atoms with Gasteiger partial charge in [-0.1, -0.05) is 68.0 Å². The lowest BCUT2D eigenvalue weighted by Crippen LogP contribution is -2.13. The van der Waals surface area contributed by atoms with Gasteiger partial charge in [-0.2, -0.15) is 0 Å². The Bertz CT molecular complexity index is 333. The average Bonchev–Trinajstić information content (AvgIpc) is 2.27. The zero-order valence-electron chi connectivity index (χ0n) is 8.82. The average molecular weight is 237 g/mol. The van der Waals surface area contributed by atoms with Crippen LogP contribution in [0.15, 0.2) is 36.9 Å². The summed E-state index contributed by atoms with van der Waals surface area (Å²) in [6.07, 6.45) is 0.729. The molecule has 1 rings (SSSR count). The summed E-state index contributed by atoms with van der Waals surface area (Å²) in [4.78, 5) is 0.843. The van der Waals surface area contributed by atoms with Crippen molar-refractivity contribution in [2.24, 2.45) is 0 Å². The van der Waals surface area contributed by atoms with Gasteiger partial charge >= 0.3 is 0 Å². The summed E-state index contributed by atoms with van der Waals surface area (Å²) in [6, 6.07) is 10.1. The van der Waals surface area contributed by atoms with Gasteiger partial charge in [0.1, 0.15) is 0 Å². The second-order valence-corrected chi connectivity index (χ2v) is 4.67. The quantitative estimate of drug-likeness (QED) is 0.620. The number of hydrogen-bond donors (Lipinski definition) is 1.